The fraction of sp³-hybridized carbons (Fsp3) is 0.500. The number of rotatable bonds is 4. The predicted octanol–water partition coefficient (Wildman–Crippen LogP) is 1.79. The molecule has 0 aliphatic carbocycles. The van der Waals surface area contributed by atoms with E-state index in [1.807, 2.05) is 40.9 Å². The van der Waals surface area contributed by atoms with Crippen LogP contribution in [0.3, 0.4) is 0 Å². The van der Waals surface area contributed by atoms with Gasteiger partial charge in [-0.1, -0.05) is 12.1 Å². The topological polar surface area (TPSA) is 38.8 Å². The number of carbonyl (C=O) groups excluding carboxylic acids is 1. The number of ether oxygens (including phenoxy) is 2. The third-order valence-corrected chi connectivity index (χ3v) is 5.03. The van der Waals surface area contributed by atoms with E-state index < -0.39 is 0 Å². The van der Waals surface area contributed by atoms with Crippen LogP contribution in [-0.4, -0.2) is 48.1 Å². The largest absolute Gasteiger partial charge is 0.493 e. The molecule has 0 spiro atoms. The van der Waals surface area contributed by atoms with Crippen LogP contribution in [-0.2, 0) is 4.79 Å². The second kappa shape index (κ2) is 5.33. The van der Waals surface area contributed by atoms with Crippen molar-refractivity contribution in [1.82, 2.24) is 4.90 Å². The van der Waals surface area contributed by atoms with E-state index in [2.05, 4.69) is 0 Å². The first-order valence-electron chi connectivity index (χ1n) is 6.45. The molecule has 2 aliphatic heterocycles. The molecule has 0 radical (unpaired) electrons. The number of para-hydroxylation sites is 2. The first-order chi connectivity index (χ1) is 9.28. The number of fused-ring (bicyclic) bond motifs is 2. The molecule has 3 rings (SSSR count). The number of hydrogen-bond donors (Lipinski definition) is 0. The lowest BCUT2D eigenvalue weighted by Crippen LogP contribution is -2.41. The molecule has 2 aliphatic rings. The van der Waals surface area contributed by atoms with Crippen LogP contribution >= 0.6 is 11.8 Å². The average molecular weight is 279 g/mol. The fourth-order valence-electron chi connectivity index (χ4n) is 2.67. The lowest BCUT2D eigenvalue weighted by molar-refractivity contribution is -0.133. The van der Waals surface area contributed by atoms with Crippen LogP contribution in [0.1, 0.15) is 6.42 Å². The second-order valence-corrected chi connectivity index (χ2v) is 6.16. The number of hydrogen-bond acceptors (Lipinski definition) is 4. The highest BCUT2D eigenvalue weighted by Crippen LogP contribution is 2.37. The summed E-state index contributed by atoms with van der Waals surface area (Å²) in [6.45, 7) is 0.970. The van der Waals surface area contributed by atoms with Gasteiger partial charge in [0.25, 0.3) is 5.91 Å². The summed E-state index contributed by atoms with van der Waals surface area (Å²) < 4.78 is 10.8. The summed E-state index contributed by atoms with van der Waals surface area (Å²) in [6, 6.07) is 7.82. The maximum absolute atomic E-state index is 12.2. The van der Waals surface area contributed by atoms with E-state index in [9.17, 15) is 4.79 Å². The zero-order chi connectivity index (χ0) is 13.2. The van der Waals surface area contributed by atoms with Gasteiger partial charge < -0.3 is 14.4 Å². The average Bonchev–Trinajstić information content (AvgIpc) is 3.07. The van der Waals surface area contributed by atoms with Gasteiger partial charge in [-0.05, 0) is 18.6 Å². The first-order valence-corrected chi connectivity index (χ1v) is 7.49. The molecule has 1 aromatic rings. The zero-order valence-electron chi connectivity index (χ0n) is 10.9. The van der Waals surface area contributed by atoms with Crippen LogP contribution in [0, 0.1) is 0 Å². The summed E-state index contributed by atoms with van der Waals surface area (Å²) in [6.07, 6.45) is 1.14. The molecule has 1 aromatic carbocycles. The van der Waals surface area contributed by atoms with Crippen molar-refractivity contribution in [3.8, 4) is 11.5 Å². The van der Waals surface area contributed by atoms with Gasteiger partial charge in [0.15, 0.2) is 18.1 Å². The normalized spacial score (nSPS) is 24.6. The molecule has 0 aromatic heterocycles. The van der Waals surface area contributed by atoms with Crippen LogP contribution in [0.25, 0.3) is 0 Å². The first kappa shape index (κ1) is 12.7. The molecule has 2 heterocycles. The number of amides is 1. The molecule has 4 nitrogen and oxygen atoms in total. The van der Waals surface area contributed by atoms with E-state index in [4.69, 9.17) is 9.47 Å². The fourth-order valence-corrected chi connectivity index (χ4v) is 4.10. The lowest BCUT2D eigenvalue weighted by Gasteiger charge is -2.26. The van der Waals surface area contributed by atoms with E-state index in [-0.39, 0.29) is 12.5 Å². The maximum Gasteiger partial charge on any atom is 0.260 e. The number of benzene rings is 1. The van der Waals surface area contributed by atoms with Crippen molar-refractivity contribution in [2.75, 3.05) is 26.0 Å². The Morgan fingerprint density at radius 3 is 2.84 bits per heavy atom. The lowest BCUT2D eigenvalue weighted by atomic mass is 10.2. The van der Waals surface area contributed by atoms with Gasteiger partial charge in [0.2, 0.25) is 0 Å². The highest BCUT2D eigenvalue weighted by atomic mass is 32.2. The molecular weight excluding hydrogens is 262 g/mol. The van der Waals surface area contributed by atoms with Gasteiger partial charge in [0, 0.05) is 23.6 Å². The quantitative estimate of drug-likeness (QED) is 0.842. The molecule has 19 heavy (non-hydrogen) atoms. The minimum atomic E-state index is 0.0821. The van der Waals surface area contributed by atoms with Crippen LogP contribution < -0.4 is 9.47 Å². The smallest absolute Gasteiger partial charge is 0.260 e. The van der Waals surface area contributed by atoms with Crippen LogP contribution in [0.15, 0.2) is 24.3 Å². The Morgan fingerprint density at radius 1 is 1.42 bits per heavy atom. The molecule has 2 bridgehead atoms. The van der Waals surface area contributed by atoms with E-state index in [1.54, 1.807) is 7.11 Å². The Kier molecular flexibility index (Phi) is 3.55. The standard InChI is InChI=1S/C14H17NO3S/c1-17-12-4-2-3-5-13(12)18-8-14(16)15-7-11-6-10(15)9-19-11/h2-5,10-11H,6-9H2,1H3. The molecule has 5 heteroatoms. The molecule has 2 atom stereocenters. The van der Waals surface area contributed by atoms with Crippen molar-refractivity contribution >= 4 is 17.7 Å². The number of likely N-dealkylation sites (tertiary alicyclic amines) is 1. The van der Waals surface area contributed by atoms with E-state index in [0.29, 0.717) is 22.8 Å². The van der Waals surface area contributed by atoms with Gasteiger partial charge in [-0.25, -0.2) is 0 Å². The number of methoxy groups -OCH3 is 1. The molecule has 2 saturated heterocycles. The Bertz CT molecular complexity index is 480. The van der Waals surface area contributed by atoms with Gasteiger partial charge in [-0.3, -0.25) is 4.79 Å². The molecule has 0 saturated carbocycles. The molecule has 2 fully saturated rings. The van der Waals surface area contributed by atoms with Crippen LogP contribution in [0.4, 0.5) is 0 Å². The van der Waals surface area contributed by atoms with Gasteiger partial charge in [0.1, 0.15) is 0 Å². The van der Waals surface area contributed by atoms with Crippen molar-refractivity contribution in [2.45, 2.75) is 17.7 Å². The minimum Gasteiger partial charge on any atom is -0.493 e. The summed E-state index contributed by atoms with van der Waals surface area (Å²) >= 11 is 1.98. The van der Waals surface area contributed by atoms with E-state index in [0.717, 1.165) is 18.7 Å². The Morgan fingerprint density at radius 2 is 2.21 bits per heavy atom. The summed E-state index contributed by atoms with van der Waals surface area (Å²) in [5.74, 6) is 2.44. The highest BCUT2D eigenvalue weighted by Gasteiger charge is 2.40. The third-order valence-electron chi connectivity index (χ3n) is 3.64. The summed E-state index contributed by atoms with van der Waals surface area (Å²) in [4.78, 5) is 14.1. The summed E-state index contributed by atoms with van der Waals surface area (Å²) in [5, 5.41) is 0.639. The zero-order valence-corrected chi connectivity index (χ0v) is 11.7. The van der Waals surface area contributed by atoms with E-state index >= 15 is 0 Å². The number of carbonyl (C=O) groups is 1. The number of nitrogens with zero attached hydrogens (tertiary/aromatic N) is 1. The van der Waals surface area contributed by atoms with Gasteiger partial charge >= 0.3 is 0 Å². The highest BCUT2D eigenvalue weighted by molar-refractivity contribution is 8.00. The van der Waals surface area contributed by atoms with Crippen LogP contribution in [0.2, 0.25) is 0 Å². The molecule has 102 valence electrons. The molecule has 1 amide bonds. The van der Waals surface area contributed by atoms with Crippen molar-refractivity contribution in [3.05, 3.63) is 24.3 Å². The van der Waals surface area contributed by atoms with Crippen molar-refractivity contribution in [3.63, 3.8) is 0 Å². The molecular formula is C14H17NO3S. The van der Waals surface area contributed by atoms with Gasteiger partial charge in [-0.2, -0.15) is 11.8 Å². The minimum absolute atomic E-state index is 0.0821. The third kappa shape index (κ3) is 2.52. The van der Waals surface area contributed by atoms with Gasteiger partial charge in [0.05, 0.1) is 7.11 Å². The maximum atomic E-state index is 12.2. The second-order valence-electron chi connectivity index (χ2n) is 4.83. The Hall–Kier alpha value is -1.36. The number of thioether (sulfide) groups is 1. The van der Waals surface area contributed by atoms with Crippen LogP contribution in [0.5, 0.6) is 11.5 Å². The monoisotopic (exact) mass is 279 g/mol. The van der Waals surface area contributed by atoms with Crippen molar-refractivity contribution < 1.29 is 14.3 Å². The van der Waals surface area contributed by atoms with Gasteiger partial charge in [-0.15, -0.1) is 0 Å². The molecule has 0 N–H and O–H groups in total. The Labute approximate surface area is 117 Å². The van der Waals surface area contributed by atoms with Crippen molar-refractivity contribution in [1.29, 1.82) is 0 Å². The summed E-state index contributed by atoms with van der Waals surface area (Å²) in [5.41, 5.74) is 0. The van der Waals surface area contributed by atoms with Crippen molar-refractivity contribution in [2.24, 2.45) is 0 Å². The van der Waals surface area contributed by atoms with E-state index in [1.165, 1.54) is 0 Å². The SMILES string of the molecule is COc1ccccc1OCC(=O)N1CC2CC1CS2. The Balaban J connectivity index is 1.59. The molecule has 2 unspecified atom stereocenters. The predicted molar refractivity (Wildman–Crippen MR) is 74.9 cm³/mol. The summed E-state index contributed by atoms with van der Waals surface area (Å²) in [7, 11) is 1.60.